The van der Waals surface area contributed by atoms with Crippen molar-refractivity contribution in [2.45, 2.75) is 90.3 Å². The number of nitrogens with zero attached hydrogens (tertiary/aromatic N) is 5. The van der Waals surface area contributed by atoms with Crippen molar-refractivity contribution in [3.63, 3.8) is 0 Å². The van der Waals surface area contributed by atoms with Crippen LogP contribution >= 0.6 is 11.6 Å². The first-order valence-electron chi connectivity index (χ1n) is 17.4. The molecule has 3 atom stereocenters. The Morgan fingerprint density at radius 1 is 1.02 bits per heavy atom. The fourth-order valence-electron chi connectivity index (χ4n) is 6.48. The Morgan fingerprint density at radius 2 is 1.69 bits per heavy atom. The Hall–Kier alpha value is -4.80. The number of imide groups is 1. The number of methoxy groups -OCH3 is 1. The van der Waals surface area contributed by atoms with E-state index in [1.54, 1.807) is 71.9 Å². The smallest absolute Gasteiger partial charge is 0.435 e. The van der Waals surface area contributed by atoms with Gasteiger partial charge >= 0.3 is 12.2 Å². The quantitative estimate of drug-likeness (QED) is 0.142. The average molecular weight is 782 g/mol. The SMILES string of the molecule is COc1ccc2c(c1)[C@]1(C[C@H]1c1ccc3c(Nc4nc(C(C)C)nc(NCCS(=O)O)c4Cl)nn(C(=O)OC(C)(C)C)c3c1)C(=O)N2C(=O)OC(C)(C)C. The summed E-state index contributed by atoms with van der Waals surface area (Å²) in [6.07, 6.45) is -1.10. The number of halogens is 1. The average Bonchev–Trinajstić information content (AvgIpc) is 3.65. The molecular weight excluding hydrogens is 738 g/mol. The molecule has 6 rings (SSSR count). The van der Waals surface area contributed by atoms with Crippen LogP contribution in [0.1, 0.15) is 90.6 Å². The second-order valence-corrected chi connectivity index (χ2v) is 17.0. The van der Waals surface area contributed by atoms with Crippen molar-refractivity contribution in [3.8, 4) is 5.75 Å². The van der Waals surface area contributed by atoms with Crippen molar-refractivity contribution in [2.75, 3.05) is 34.9 Å². The second kappa shape index (κ2) is 14.1. The Bertz CT molecular complexity index is 2200. The molecule has 17 heteroatoms. The van der Waals surface area contributed by atoms with Crippen molar-refractivity contribution in [3.05, 3.63) is 58.4 Å². The number of aromatic nitrogens is 4. The van der Waals surface area contributed by atoms with Crippen LogP contribution in [0.3, 0.4) is 0 Å². The van der Waals surface area contributed by atoms with E-state index in [0.29, 0.717) is 40.1 Å². The first-order valence-corrected chi connectivity index (χ1v) is 19.1. The van der Waals surface area contributed by atoms with E-state index in [2.05, 4.69) is 25.7 Å². The highest BCUT2D eigenvalue weighted by Crippen LogP contribution is 2.67. The Balaban J connectivity index is 1.42. The van der Waals surface area contributed by atoms with Crippen LogP contribution in [0.5, 0.6) is 5.75 Å². The summed E-state index contributed by atoms with van der Waals surface area (Å²) in [6, 6.07) is 10.6. The highest BCUT2D eigenvalue weighted by Gasteiger charge is 2.68. The third kappa shape index (κ3) is 7.46. The van der Waals surface area contributed by atoms with Gasteiger partial charge in [-0.05, 0) is 89.4 Å². The number of amides is 2. The molecule has 2 aliphatic rings. The third-order valence-electron chi connectivity index (χ3n) is 8.91. The van der Waals surface area contributed by atoms with Gasteiger partial charge in [-0.15, -0.1) is 5.10 Å². The number of fused-ring (bicyclic) bond motifs is 3. The van der Waals surface area contributed by atoms with Crippen molar-refractivity contribution >= 4 is 74.8 Å². The van der Waals surface area contributed by atoms with E-state index in [4.69, 9.17) is 25.8 Å². The minimum absolute atomic E-state index is 0.0423. The van der Waals surface area contributed by atoms with Gasteiger partial charge in [0.05, 0.1) is 29.5 Å². The van der Waals surface area contributed by atoms with Crippen molar-refractivity contribution in [1.29, 1.82) is 0 Å². The number of carbonyl (C=O) groups excluding carboxylic acids is 3. The molecule has 1 aliphatic carbocycles. The van der Waals surface area contributed by atoms with Gasteiger partial charge in [0, 0.05) is 23.8 Å². The van der Waals surface area contributed by atoms with Crippen LogP contribution in [0.25, 0.3) is 10.9 Å². The molecule has 1 saturated carbocycles. The summed E-state index contributed by atoms with van der Waals surface area (Å²) in [6.45, 7) is 14.4. The molecule has 2 aromatic carbocycles. The molecule has 15 nitrogen and oxygen atoms in total. The monoisotopic (exact) mass is 781 g/mol. The molecule has 1 fully saturated rings. The predicted octanol–water partition coefficient (Wildman–Crippen LogP) is 7.48. The molecule has 4 aromatic rings. The summed E-state index contributed by atoms with van der Waals surface area (Å²) >= 11 is 4.74. The van der Waals surface area contributed by atoms with Crippen molar-refractivity contribution < 1.29 is 37.4 Å². The van der Waals surface area contributed by atoms with E-state index in [1.165, 1.54) is 7.11 Å². The van der Waals surface area contributed by atoms with Gasteiger partial charge in [0.25, 0.3) is 0 Å². The molecular formula is C37H44ClN7O8S. The maximum Gasteiger partial charge on any atom is 0.435 e. The Morgan fingerprint density at radius 3 is 2.31 bits per heavy atom. The Labute approximate surface area is 320 Å². The van der Waals surface area contributed by atoms with Gasteiger partial charge in [-0.1, -0.05) is 31.5 Å². The molecule has 1 unspecified atom stereocenters. The fourth-order valence-corrected chi connectivity index (χ4v) is 6.96. The first-order chi connectivity index (χ1) is 25.2. The molecule has 288 valence electrons. The number of carbonyl (C=O) groups is 3. The lowest BCUT2D eigenvalue weighted by Gasteiger charge is -2.24. The van der Waals surface area contributed by atoms with Crippen molar-refractivity contribution in [2.24, 2.45) is 0 Å². The normalized spacial score (nSPS) is 18.6. The Kier molecular flexibility index (Phi) is 10.2. The highest BCUT2D eigenvalue weighted by atomic mass is 35.5. The maximum absolute atomic E-state index is 14.3. The van der Waals surface area contributed by atoms with Gasteiger partial charge in [0.1, 0.15) is 27.8 Å². The van der Waals surface area contributed by atoms with E-state index in [9.17, 15) is 23.1 Å². The number of rotatable bonds is 9. The van der Waals surface area contributed by atoms with E-state index >= 15 is 0 Å². The topological polar surface area (TPSA) is 187 Å². The predicted molar refractivity (Wildman–Crippen MR) is 206 cm³/mol. The maximum atomic E-state index is 14.3. The summed E-state index contributed by atoms with van der Waals surface area (Å²) in [5, 5.41) is 11.4. The van der Waals surface area contributed by atoms with Crippen LogP contribution in [0.4, 0.5) is 32.7 Å². The van der Waals surface area contributed by atoms with Crippen molar-refractivity contribution in [1.82, 2.24) is 19.7 Å². The van der Waals surface area contributed by atoms with Gasteiger partial charge < -0.3 is 29.4 Å². The third-order valence-corrected chi connectivity index (χ3v) is 9.82. The van der Waals surface area contributed by atoms with E-state index in [-0.39, 0.29) is 46.6 Å². The molecule has 1 spiro atoms. The summed E-state index contributed by atoms with van der Waals surface area (Å²) in [4.78, 5) is 51.6. The molecule has 1 aliphatic heterocycles. The summed E-state index contributed by atoms with van der Waals surface area (Å²) in [7, 11) is 1.54. The van der Waals surface area contributed by atoms with Crippen LogP contribution in [0.15, 0.2) is 36.4 Å². The minimum atomic E-state index is -2.02. The highest BCUT2D eigenvalue weighted by molar-refractivity contribution is 7.79. The van der Waals surface area contributed by atoms with E-state index < -0.39 is 45.8 Å². The van der Waals surface area contributed by atoms with Crippen LogP contribution in [0.2, 0.25) is 5.02 Å². The lowest BCUT2D eigenvalue weighted by atomic mass is 9.91. The molecule has 54 heavy (non-hydrogen) atoms. The fraction of sp³-hybridized carbons (Fsp3) is 0.459. The second-order valence-electron chi connectivity index (χ2n) is 15.6. The number of hydrogen-bond acceptors (Lipinski definition) is 12. The molecule has 0 radical (unpaired) electrons. The van der Waals surface area contributed by atoms with Gasteiger partial charge in [0.2, 0.25) is 5.91 Å². The number of benzene rings is 2. The molecule has 3 N–H and O–H groups in total. The first kappa shape index (κ1) is 38.9. The minimum Gasteiger partial charge on any atom is -0.497 e. The number of hydrogen-bond donors (Lipinski definition) is 3. The van der Waals surface area contributed by atoms with Gasteiger partial charge in [-0.25, -0.2) is 28.7 Å². The van der Waals surface area contributed by atoms with Crippen LogP contribution < -0.4 is 20.3 Å². The summed E-state index contributed by atoms with van der Waals surface area (Å²) < 4.78 is 38.5. The van der Waals surface area contributed by atoms with Gasteiger partial charge in [0.15, 0.2) is 28.5 Å². The largest absolute Gasteiger partial charge is 0.497 e. The molecule has 2 aromatic heterocycles. The van der Waals surface area contributed by atoms with Crippen LogP contribution in [-0.2, 0) is 30.8 Å². The molecule has 0 saturated heterocycles. The number of nitrogens with one attached hydrogen (secondary N) is 2. The molecule has 0 bridgehead atoms. The van der Waals surface area contributed by atoms with Gasteiger partial charge in [-0.3, -0.25) is 4.79 Å². The zero-order valence-electron chi connectivity index (χ0n) is 31.6. The van der Waals surface area contributed by atoms with Crippen LogP contribution in [0, 0.1) is 0 Å². The summed E-state index contributed by atoms with van der Waals surface area (Å²) in [5.41, 5.74) is -0.520. The standard InChI is InChI=1S/C37H44ClN7O8S/c1-19(2)28-40-30(39-14-15-54(49)50)27(38)31(41-28)42-29-22-12-10-20(16-26(22)45(43-29)34(48)53-36(6,7)8)24-18-37(24)23-17-21(51-9)11-13-25(23)44(32(37)46)33(47)52-35(3,4)5/h10-13,16-17,19,24H,14-15,18H2,1-9H3,(H,49,50)(H2,39,40,41,42,43)/t24-,37-/m0/s1. The van der Waals surface area contributed by atoms with Gasteiger partial charge in [-0.2, -0.15) is 4.68 Å². The zero-order chi connectivity index (χ0) is 39.5. The number of ether oxygens (including phenoxy) is 3. The van der Waals surface area contributed by atoms with E-state index in [1.807, 2.05) is 19.9 Å². The van der Waals surface area contributed by atoms with Crippen LogP contribution in [-0.4, -0.2) is 77.2 Å². The molecule has 3 heterocycles. The number of anilines is 4. The lowest BCUT2D eigenvalue weighted by Crippen LogP contribution is -2.41. The zero-order valence-corrected chi connectivity index (χ0v) is 33.1. The lowest BCUT2D eigenvalue weighted by molar-refractivity contribution is -0.120. The van der Waals surface area contributed by atoms with E-state index in [0.717, 1.165) is 15.1 Å². The molecule has 2 amide bonds. The summed E-state index contributed by atoms with van der Waals surface area (Å²) in [5.74, 6) is 0.790.